The molecular weight excluding hydrogens is 229 g/mol. The summed E-state index contributed by atoms with van der Waals surface area (Å²) in [5, 5.41) is 8.99. The second-order valence-electron chi connectivity index (χ2n) is 4.34. The van der Waals surface area contributed by atoms with Crippen molar-refractivity contribution in [3.05, 3.63) is 29.6 Å². The van der Waals surface area contributed by atoms with Gasteiger partial charge in [-0.25, -0.2) is 0 Å². The molecule has 0 aromatic carbocycles. The molecule has 1 aromatic heterocycles. The highest BCUT2D eigenvalue weighted by molar-refractivity contribution is 5.24. The maximum atomic E-state index is 12.3. The Morgan fingerprint density at radius 3 is 2.53 bits per heavy atom. The number of hydrogen-bond acceptors (Lipinski definition) is 2. The highest BCUT2D eigenvalue weighted by Crippen LogP contribution is 2.38. The number of nitrogens with zero attached hydrogens (tertiary/aromatic N) is 2. The van der Waals surface area contributed by atoms with Crippen LogP contribution in [0.3, 0.4) is 0 Å². The van der Waals surface area contributed by atoms with Crippen molar-refractivity contribution in [3.63, 3.8) is 0 Å². The topological polar surface area (TPSA) is 36.7 Å². The van der Waals surface area contributed by atoms with Crippen LogP contribution in [0.4, 0.5) is 13.2 Å². The lowest BCUT2D eigenvalue weighted by atomic mass is 9.96. The summed E-state index contributed by atoms with van der Waals surface area (Å²) in [6.45, 7) is 0. The van der Waals surface area contributed by atoms with Crippen molar-refractivity contribution < 1.29 is 13.2 Å². The molecule has 1 fully saturated rings. The maximum absolute atomic E-state index is 12.3. The Morgan fingerprint density at radius 2 is 2.12 bits per heavy atom. The Kier molecular flexibility index (Phi) is 3.05. The van der Waals surface area contributed by atoms with E-state index in [0.29, 0.717) is 11.5 Å². The molecule has 0 saturated heterocycles. The monoisotopic (exact) mass is 240 g/mol. The zero-order chi connectivity index (χ0) is 12.5. The predicted octanol–water partition coefficient (Wildman–Crippen LogP) is 3.51. The molecule has 2 nitrogen and oxygen atoms in total. The maximum Gasteiger partial charge on any atom is 0.433 e. The van der Waals surface area contributed by atoms with Gasteiger partial charge in [-0.3, -0.25) is 4.98 Å². The van der Waals surface area contributed by atoms with Gasteiger partial charge >= 0.3 is 6.18 Å². The molecule has 0 radical (unpaired) electrons. The first-order valence-electron chi connectivity index (χ1n) is 5.43. The van der Waals surface area contributed by atoms with Crippen LogP contribution in [0.25, 0.3) is 0 Å². The van der Waals surface area contributed by atoms with Gasteiger partial charge in [0, 0.05) is 6.20 Å². The summed E-state index contributed by atoms with van der Waals surface area (Å²) < 4.78 is 36.9. The fraction of sp³-hybridized carbons (Fsp3) is 0.500. The third kappa shape index (κ3) is 2.96. The molecule has 1 aliphatic carbocycles. The van der Waals surface area contributed by atoms with E-state index >= 15 is 0 Å². The molecule has 1 unspecified atom stereocenters. The van der Waals surface area contributed by atoms with Crippen LogP contribution >= 0.6 is 0 Å². The number of halogens is 3. The van der Waals surface area contributed by atoms with Gasteiger partial charge in [0.25, 0.3) is 0 Å². The van der Waals surface area contributed by atoms with Crippen LogP contribution in [0.2, 0.25) is 0 Å². The quantitative estimate of drug-likeness (QED) is 0.810. The van der Waals surface area contributed by atoms with E-state index in [1.54, 1.807) is 0 Å². The van der Waals surface area contributed by atoms with Crippen molar-refractivity contribution in [1.82, 2.24) is 4.98 Å². The Balaban J connectivity index is 2.13. The average molecular weight is 240 g/mol. The van der Waals surface area contributed by atoms with Gasteiger partial charge in [-0.15, -0.1) is 0 Å². The van der Waals surface area contributed by atoms with Crippen LogP contribution in [0.15, 0.2) is 18.3 Å². The molecule has 0 aliphatic heterocycles. The molecule has 5 heteroatoms. The van der Waals surface area contributed by atoms with Gasteiger partial charge in [-0.05, 0) is 24.0 Å². The molecule has 1 aliphatic rings. The minimum Gasteiger partial charge on any atom is -0.251 e. The van der Waals surface area contributed by atoms with Crippen molar-refractivity contribution in [2.75, 3.05) is 0 Å². The van der Waals surface area contributed by atoms with Crippen molar-refractivity contribution in [1.29, 1.82) is 5.26 Å². The highest BCUT2D eigenvalue weighted by Gasteiger charge is 2.32. The van der Waals surface area contributed by atoms with E-state index in [4.69, 9.17) is 5.26 Å². The summed E-state index contributed by atoms with van der Waals surface area (Å²) in [4.78, 5) is 3.37. The van der Waals surface area contributed by atoms with Crippen LogP contribution in [0, 0.1) is 17.2 Å². The number of rotatable bonds is 3. The lowest BCUT2D eigenvalue weighted by Crippen LogP contribution is -2.08. The summed E-state index contributed by atoms with van der Waals surface area (Å²) in [5.41, 5.74) is -0.336. The number of hydrogen-bond donors (Lipinski definition) is 0. The number of alkyl halides is 3. The third-order valence-electron chi connectivity index (χ3n) is 2.90. The van der Waals surface area contributed by atoms with Gasteiger partial charge in [0.2, 0.25) is 0 Å². The Hall–Kier alpha value is -1.57. The van der Waals surface area contributed by atoms with E-state index in [1.807, 2.05) is 0 Å². The molecule has 1 aromatic rings. The SMILES string of the molecule is N#CC(CC1CC1)c1ccc(C(F)(F)F)nc1. The van der Waals surface area contributed by atoms with Crippen molar-refractivity contribution in [2.45, 2.75) is 31.4 Å². The predicted molar refractivity (Wildman–Crippen MR) is 54.9 cm³/mol. The number of pyridine rings is 1. The smallest absolute Gasteiger partial charge is 0.251 e. The molecule has 0 bridgehead atoms. The van der Waals surface area contributed by atoms with Crippen molar-refractivity contribution in [3.8, 4) is 6.07 Å². The normalized spacial score (nSPS) is 17.5. The number of nitriles is 1. The lowest BCUT2D eigenvalue weighted by molar-refractivity contribution is -0.141. The summed E-state index contributed by atoms with van der Waals surface area (Å²) in [7, 11) is 0. The Morgan fingerprint density at radius 1 is 1.41 bits per heavy atom. The molecule has 1 heterocycles. The van der Waals surface area contributed by atoms with Crippen LogP contribution < -0.4 is 0 Å². The lowest BCUT2D eigenvalue weighted by Gasteiger charge is -2.10. The summed E-state index contributed by atoms with van der Waals surface area (Å²) >= 11 is 0. The fourth-order valence-electron chi connectivity index (χ4n) is 1.73. The molecule has 1 saturated carbocycles. The summed E-state index contributed by atoms with van der Waals surface area (Å²) in [5.74, 6) is 0.222. The summed E-state index contributed by atoms with van der Waals surface area (Å²) in [6.07, 6.45) is -0.293. The Labute approximate surface area is 97.1 Å². The van der Waals surface area contributed by atoms with E-state index in [-0.39, 0.29) is 5.92 Å². The number of aromatic nitrogens is 1. The molecule has 0 N–H and O–H groups in total. The van der Waals surface area contributed by atoms with Gasteiger partial charge < -0.3 is 0 Å². The van der Waals surface area contributed by atoms with E-state index in [2.05, 4.69) is 11.1 Å². The van der Waals surface area contributed by atoms with Crippen molar-refractivity contribution >= 4 is 0 Å². The first-order chi connectivity index (χ1) is 8.00. The zero-order valence-corrected chi connectivity index (χ0v) is 9.04. The average Bonchev–Trinajstić information content (AvgIpc) is 3.09. The third-order valence-corrected chi connectivity index (χ3v) is 2.90. The van der Waals surface area contributed by atoms with Gasteiger partial charge in [0.1, 0.15) is 5.69 Å². The fourth-order valence-corrected chi connectivity index (χ4v) is 1.73. The molecule has 2 rings (SSSR count). The van der Waals surface area contributed by atoms with Gasteiger partial charge in [0.05, 0.1) is 12.0 Å². The van der Waals surface area contributed by atoms with E-state index in [9.17, 15) is 13.2 Å². The molecule has 0 amide bonds. The second-order valence-corrected chi connectivity index (χ2v) is 4.34. The zero-order valence-electron chi connectivity index (χ0n) is 9.04. The first kappa shape index (κ1) is 11.9. The van der Waals surface area contributed by atoms with Crippen LogP contribution in [-0.4, -0.2) is 4.98 Å². The molecule has 17 heavy (non-hydrogen) atoms. The van der Waals surface area contributed by atoms with Gasteiger partial charge in [0.15, 0.2) is 0 Å². The van der Waals surface area contributed by atoms with E-state index in [1.165, 1.54) is 12.3 Å². The summed E-state index contributed by atoms with van der Waals surface area (Å²) in [6, 6.07) is 4.42. The Bertz CT molecular complexity index is 427. The van der Waals surface area contributed by atoms with Gasteiger partial charge in [-0.1, -0.05) is 18.9 Å². The second kappa shape index (κ2) is 4.36. The minimum absolute atomic E-state index is 0.336. The van der Waals surface area contributed by atoms with Gasteiger partial charge in [-0.2, -0.15) is 18.4 Å². The van der Waals surface area contributed by atoms with Crippen LogP contribution in [0.1, 0.15) is 36.4 Å². The van der Waals surface area contributed by atoms with Crippen LogP contribution in [-0.2, 0) is 6.18 Å². The van der Waals surface area contributed by atoms with Crippen molar-refractivity contribution in [2.24, 2.45) is 5.92 Å². The first-order valence-corrected chi connectivity index (χ1v) is 5.43. The molecule has 1 atom stereocenters. The highest BCUT2D eigenvalue weighted by atomic mass is 19.4. The standard InChI is InChI=1S/C12H11F3N2/c13-12(14,15)11-4-3-9(7-17-11)10(6-16)5-8-1-2-8/h3-4,7-8,10H,1-2,5H2. The molecule has 0 spiro atoms. The molecule has 90 valence electrons. The largest absolute Gasteiger partial charge is 0.433 e. The minimum atomic E-state index is -4.42. The van der Waals surface area contributed by atoms with E-state index in [0.717, 1.165) is 25.3 Å². The van der Waals surface area contributed by atoms with Crippen LogP contribution in [0.5, 0.6) is 0 Å². The van der Waals surface area contributed by atoms with E-state index < -0.39 is 11.9 Å². The molecular formula is C12H11F3N2.